The lowest BCUT2D eigenvalue weighted by Gasteiger charge is -2.09. The number of anilines is 2. The maximum absolute atomic E-state index is 5.92. The van der Waals surface area contributed by atoms with Crippen molar-refractivity contribution in [3.63, 3.8) is 0 Å². The minimum absolute atomic E-state index is 0.897. The van der Waals surface area contributed by atoms with Gasteiger partial charge < -0.3 is 9.73 Å². The lowest BCUT2D eigenvalue weighted by atomic mass is 10.1. The highest BCUT2D eigenvalue weighted by Crippen LogP contribution is 2.29. The molecule has 0 radical (unpaired) electrons. The van der Waals surface area contributed by atoms with E-state index in [1.54, 1.807) is 0 Å². The van der Waals surface area contributed by atoms with Crippen molar-refractivity contribution in [3.8, 4) is 11.3 Å². The van der Waals surface area contributed by atoms with Crippen LogP contribution < -0.4 is 5.32 Å². The molecule has 0 saturated carbocycles. The number of hydrogen-bond acceptors (Lipinski definition) is 2. The SMILES string of the molecule is Cc1ccc(Nc2ccc(-c3cc4ccccc4o3)cc2)cc1C. The van der Waals surface area contributed by atoms with E-state index in [1.165, 1.54) is 11.1 Å². The number of rotatable bonds is 3. The Bertz CT molecular complexity index is 963. The molecule has 1 heterocycles. The van der Waals surface area contributed by atoms with Crippen molar-refractivity contribution < 1.29 is 4.42 Å². The first kappa shape index (κ1) is 14.6. The largest absolute Gasteiger partial charge is 0.456 e. The summed E-state index contributed by atoms with van der Waals surface area (Å²) in [5, 5.41) is 4.58. The Labute approximate surface area is 141 Å². The lowest BCUT2D eigenvalue weighted by Crippen LogP contribution is -1.91. The van der Waals surface area contributed by atoms with E-state index in [1.807, 2.05) is 18.2 Å². The van der Waals surface area contributed by atoms with Crippen LogP contribution in [-0.4, -0.2) is 0 Å². The Morgan fingerprint density at radius 3 is 2.21 bits per heavy atom. The van der Waals surface area contributed by atoms with E-state index in [4.69, 9.17) is 4.42 Å². The van der Waals surface area contributed by atoms with Gasteiger partial charge in [-0.2, -0.15) is 0 Å². The average Bonchev–Trinajstić information content (AvgIpc) is 3.03. The molecule has 4 rings (SSSR count). The first-order valence-corrected chi connectivity index (χ1v) is 8.12. The third kappa shape index (κ3) is 2.79. The zero-order valence-electron chi connectivity index (χ0n) is 13.8. The van der Waals surface area contributed by atoms with Gasteiger partial charge in [-0.3, -0.25) is 0 Å². The molecule has 24 heavy (non-hydrogen) atoms. The van der Waals surface area contributed by atoms with E-state index in [0.29, 0.717) is 0 Å². The standard InChI is InChI=1S/C22H19NO/c1-15-7-10-20(13-16(15)2)23-19-11-8-17(9-12-19)22-14-18-5-3-4-6-21(18)24-22/h3-14,23H,1-2H3. The summed E-state index contributed by atoms with van der Waals surface area (Å²) in [6.07, 6.45) is 0. The predicted molar refractivity (Wildman–Crippen MR) is 101 cm³/mol. The van der Waals surface area contributed by atoms with Crippen LogP contribution in [0.2, 0.25) is 0 Å². The molecule has 1 N–H and O–H groups in total. The van der Waals surface area contributed by atoms with Gasteiger partial charge in [-0.25, -0.2) is 0 Å². The number of benzene rings is 3. The molecule has 0 bridgehead atoms. The summed E-state index contributed by atoms with van der Waals surface area (Å²) in [5.41, 5.74) is 6.77. The third-order valence-corrected chi connectivity index (χ3v) is 4.39. The van der Waals surface area contributed by atoms with Crippen LogP contribution in [-0.2, 0) is 0 Å². The minimum atomic E-state index is 0.897. The molecule has 0 aliphatic heterocycles. The van der Waals surface area contributed by atoms with E-state index < -0.39 is 0 Å². The van der Waals surface area contributed by atoms with Crippen molar-refractivity contribution in [2.24, 2.45) is 0 Å². The van der Waals surface area contributed by atoms with Gasteiger partial charge in [-0.05, 0) is 73.5 Å². The summed E-state index contributed by atoms with van der Waals surface area (Å²) in [6.45, 7) is 4.26. The molecule has 2 nitrogen and oxygen atoms in total. The second-order valence-corrected chi connectivity index (χ2v) is 6.15. The van der Waals surface area contributed by atoms with Gasteiger partial charge in [0.05, 0.1) is 0 Å². The fourth-order valence-electron chi connectivity index (χ4n) is 2.83. The highest BCUT2D eigenvalue weighted by atomic mass is 16.3. The van der Waals surface area contributed by atoms with E-state index in [-0.39, 0.29) is 0 Å². The summed E-state index contributed by atoms with van der Waals surface area (Å²) in [7, 11) is 0. The normalized spacial score (nSPS) is 10.9. The molecule has 0 amide bonds. The van der Waals surface area contributed by atoms with Gasteiger partial charge in [0, 0.05) is 22.3 Å². The second-order valence-electron chi connectivity index (χ2n) is 6.15. The summed E-state index contributed by atoms with van der Waals surface area (Å²) in [4.78, 5) is 0. The van der Waals surface area contributed by atoms with Gasteiger partial charge >= 0.3 is 0 Å². The van der Waals surface area contributed by atoms with Crippen LogP contribution in [0.4, 0.5) is 11.4 Å². The number of para-hydroxylation sites is 1. The topological polar surface area (TPSA) is 25.2 Å². The molecule has 0 aliphatic carbocycles. The number of hydrogen-bond donors (Lipinski definition) is 1. The van der Waals surface area contributed by atoms with Crippen LogP contribution in [0, 0.1) is 13.8 Å². The van der Waals surface area contributed by atoms with E-state index in [9.17, 15) is 0 Å². The number of aryl methyl sites for hydroxylation is 2. The van der Waals surface area contributed by atoms with Gasteiger partial charge in [0.1, 0.15) is 11.3 Å². The third-order valence-electron chi connectivity index (χ3n) is 4.39. The number of fused-ring (bicyclic) bond motifs is 1. The molecule has 2 heteroatoms. The van der Waals surface area contributed by atoms with E-state index in [2.05, 4.69) is 73.8 Å². The molecular weight excluding hydrogens is 294 g/mol. The first-order chi connectivity index (χ1) is 11.7. The van der Waals surface area contributed by atoms with Crippen molar-refractivity contribution in [3.05, 3.63) is 83.9 Å². The Kier molecular flexibility index (Phi) is 3.58. The summed E-state index contributed by atoms with van der Waals surface area (Å²) < 4.78 is 5.92. The molecule has 0 aliphatic rings. The Morgan fingerprint density at radius 2 is 1.46 bits per heavy atom. The van der Waals surface area contributed by atoms with Gasteiger partial charge in [0.15, 0.2) is 0 Å². The number of furan rings is 1. The minimum Gasteiger partial charge on any atom is -0.456 e. The molecule has 0 spiro atoms. The van der Waals surface area contributed by atoms with Crippen LogP contribution in [0.25, 0.3) is 22.3 Å². The summed E-state index contributed by atoms with van der Waals surface area (Å²) >= 11 is 0. The maximum Gasteiger partial charge on any atom is 0.135 e. The van der Waals surface area contributed by atoms with Crippen molar-refractivity contribution >= 4 is 22.3 Å². The van der Waals surface area contributed by atoms with Gasteiger partial charge in [0.2, 0.25) is 0 Å². The Morgan fingerprint density at radius 1 is 0.708 bits per heavy atom. The van der Waals surface area contributed by atoms with E-state index >= 15 is 0 Å². The van der Waals surface area contributed by atoms with Crippen LogP contribution >= 0.6 is 0 Å². The van der Waals surface area contributed by atoms with Gasteiger partial charge in [-0.1, -0.05) is 24.3 Å². The predicted octanol–water partition coefficient (Wildman–Crippen LogP) is 6.46. The van der Waals surface area contributed by atoms with Crippen molar-refractivity contribution in [2.75, 3.05) is 5.32 Å². The lowest BCUT2D eigenvalue weighted by molar-refractivity contribution is 0.631. The molecule has 4 aromatic rings. The first-order valence-electron chi connectivity index (χ1n) is 8.12. The smallest absolute Gasteiger partial charge is 0.135 e. The van der Waals surface area contributed by atoms with Crippen LogP contribution in [0.1, 0.15) is 11.1 Å². The quantitative estimate of drug-likeness (QED) is 0.469. The van der Waals surface area contributed by atoms with Crippen LogP contribution in [0.15, 0.2) is 77.2 Å². The second kappa shape index (κ2) is 5.89. The molecule has 0 saturated heterocycles. The number of nitrogens with one attached hydrogen (secondary N) is 1. The van der Waals surface area contributed by atoms with Crippen molar-refractivity contribution in [1.82, 2.24) is 0 Å². The highest BCUT2D eigenvalue weighted by Gasteiger charge is 2.06. The van der Waals surface area contributed by atoms with Gasteiger partial charge in [0.25, 0.3) is 0 Å². The van der Waals surface area contributed by atoms with Crippen LogP contribution in [0.3, 0.4) is 0 Å². The van der Waals surface area contributed by atoms with Crippen molar-refractivity contribution in [1.29, 1.82) is 0 Å². The molecule has 3 aromatic carbocycles. The van der Waals surface area contributed by atoms with Gasteiger partial charge in [-0.15, -0.1) is 0 Å². The Balaban J connectivity index is 1.58. The fourth-order valence-corrected chi connectivity index (χ4v) is 2.83. The zero-order chi connectivity index (χ0) is 16.5. The molecule has 0 unspecified atom stereocenters. The van der Waals surface area contributed by atoms with Crippen molar-refractivity contribution in [2.45, 2.75) is 13.8 Å². The molecule has 1 aromatic heterocycles. The summed E-state index contributed by atoms with van der Waals surface area (Å²) in [6, 6.07) is 24.9. The Hall–Kier alpha value is -3.00. The summed E-state index contributed by atoms with van der Waals surface area (Å²) in [5.74, 6) is 0.897. The molecule has 118 valence electrons. The fraction of sp³-hybridized carbons (Fsp3) is 0.0909. The monoisotopic (exact) mass is 313 g/mol. The zero-order valence-corrected chi connectivity index (χ0v) is 13.8. The highest BCUT2D eigenvalue weighted by molar-refractivity contribution is 5.83. The van der Waals surface area contributed by atoms with Crippen LogP contribution in [0.5, 0.6) is 0 Å². The molecule has 0 fully saturated rings. The maximum atomic E-state index is 5.92. The molecule has 0 atom stereocenters. The average molecular weight is 313 g/mol. The molecular formula is C22H19NO. The van der Waals surface area contributed by atoms with E-state index in [0.717, 1.165) is 33.7 Å².